The van der Waals surface area contributed by atoms with Gasteiger partial charge >= 0.3 is 5.97 Å². The molecule has 3 heteroatoms. The summed E-state index contributed by atoms with van der Waals surface area (Å²) in [7, 11) is 0. The maximum atomic E-state index is 11.3. The molecule has 0 spiro atoms. The predicted octanol–water partition coefficient (Wildman–Crippen LogP) is 1.38. The van der Waals surface area contributed by atoms with Crippen molar-refractivity contribution in [2.45, 2.75) is 12.5 Å². The fourth-order valence-electron chi connectivity index (χ4n) is 1.57. The molecular weight excluding hydrogens is 192 g/mol. The first kappa shape index (κ1) is 9.93. The number of carbonyl (C=O) groups excluding carboxylic acids is 1. The minimum absolute atomic E-state index is 0.113. The number of carbonyl (C=O) groups is 1. The summed E-state index contributed by atoms with van der Waals surface area (Å²) in [5.41, 5.74) is 1.60. The van der Waals surface area contributed by atoms with E-state index in [1.807, 2.05) is 30.3 Å². The Balaban J connectivity index is 2.18. The van der Waals surface area contributed by atoms with Crippen LogP contribution in [-0.4, -0.2) is 23.8 Å². The van der Waals surface area contributed by atoms with Gasteiger partial charge in [-0.2, -0.15) is 0 Å². The predicted molar refractivity (Wildman–Crippen MR) is 56.0 cm³/mol. The topological polar surface area (TPSA) is 46.5 Å². The fraction of sp³-hybridized carbons (Fsp3) is 0.250. The average Bonchev–Trinajstić information content (AvgIpc) is 2.61. The molecule has 1 aromatic carbocycles. The average molecular weight is 204 g/mol. The first-order valence-electron chi connectivity index (χ1n) is 4.87. The number of cyclic esters (lactones) is 1. The van der Waals surface area contributed by atoms with Crippen molar-refractivity contribution in [2.75, 3.05) is 6.61 Å². The summed E-state index contributed by atoms with van der Waals surface area (Å²) in [5.74, 6) is -0.321. The summed E-state index contributed by atoms with van der Waals surface area (Å²) >= 11 is 0. The molecule has 1 aromatic rings. The number of aliphatic hydroxyl groups excluding tert-OH is 1. The van der Waals surface area contributed by atoms with Gasteiger partial charge in [0.2, 0.25) is 0 Å². The number of hydrogen-bond acceptors (Lipinski definition) is 3. The Morgan fingerprint density at radius 3 is 2.73 bits per heavy atom. The lowest BCUT2D eigenvalue weighted by atomic mass is 10.1. The van der Waals surface area contributed by atoms with Gasteiger partial charge in [0.15, 0.2) is 0 Å². The van der Waals surface area contributed by atoms with E-state index in [1.165, 1.54) is 0 Å². The number of aliphatic hydroxyl groups is 1. The molecule has 3 nitrogen and oxygen atoms in total. The monoisotopic (exact) mass is 204 g/mol. The zero-order valence-electron chi connectivity index (χ0n) is 8.22. The van der Waals surface area contributed by atoms with Crippen molar-refractivity contribution in [3.05, 3.63) is 41.5 Å². The van der Waals surface area contributed by atoms with Crippen LogP contribution in [0.5, 0.6) is 0 Å². The molecule has 1 saturated heterocycles. The SMILES string of the molecule is O=C1OC(CO)C/C1=C/c1ccccc1. The molecule has 0 saturated carbocycles. The van der Waals surface area contributed by atoms with Gasteiger partial charge in [-0.15, -0.1) is 0 Å². The van der Waals surface area contributed by atoms with Gasteiger partial charge in [0.05, 0.1) is 6.61 Å². The molecule has 0 aliphatic carbocycles. The smallest absolute Gasteiger partial charge is 0.334 e. The molecule has 1 fully saturated rings. The van der Waals surface area contributed by atoms with Crippen molar-refractivity contribution >= 4 is 12.0 Å². The second-order valence-electron chi connectivity index (χ2n) is 3.49. The number of ether oxygens (including phenoxy) is 1. The maximum Gasteiger partial charge on any atom is 0.334 e. The first-order valence-corrected chi connectivity index (χ1v) is 4.87. The lowest BCUT2D eigenvalue weighted by Gasteiger charge is -2.00. The second-order valence-corrected chi connectivity index (χ2v) is 3.49. The Hall–Kier alpha value is -1.61. The van der Waals surface area contributed by atoms with Crippen LogP contribution in [0.4, 0.5) is 0 Å². The third-order valence-corrected chi connectivity index (χ3v) is 2.33. The molecule has 1 heterocycles. The molecule has 1 aliphatic heterocycles. The summed E-state index contributed by atoms with van der Waals surface area (Å²) in [5, 5.41) is 8.86. The molecule has 1 N–H and O–H groups in total. The van der Waals surface area contributed by atoms with Crippen molar-refractivity contribution in [3.8, 4) is 0 Å². The zero-order chi connectivity index (χ0) is 10.7. The standard InChI is InChI=1S/C12H12O3/c13-8-11-7-10(12(14)15-11)6-9-4-2-1-3-5-9/h1-6,11,13H,7-8H2/b10-6-. The van der Waals surface area contributed by atoms with Crippen LogP contribution in [0.1, 0.15) is 12.0 Å². The summed E-state index contributed by atoms with van der Waals surface area (Å²) < 4.78 is 4.94. The highest BCUT2D eigenvalue weighted by molar-refractivity contribution is 5.95. The number of esters is 1. The summed E-state index contributed by atoms with van der Waals surface area (Å²) in [6, 6.07) is 9.59. The van der Waals surface area contributed by atoms with E-state index < -0.39 is 0 Å². The normalized spacial score (nSPS) is 23.1. The third kappa shape index (κ3) is 2.25. The fourth-order valence-corrected chi connectivity index (χ4v) is 1.57. The molecule has 1 aliphatic rings. The van der Waals surface area contributed by atoms with Crippen LogP contribution in [0.15, 0.2) is 35.9 Å². The quantitative estimate of drug-likeness (QED) is 0.584. The van der Waals surface area contributed by atoms with Crippen LogP contribution in [-0.2, 0) is 9.53 Å². The molecule has 0 amide bonds. The Bertz CT molecular complexity index is 381. The van der Waals surface area contributed by atoms with E-state index in [0.717, 1.165) is 5.56 Å². The summed E-state index contributed by atoms with van der Waals surface area (Å²) in [6.45, 7) is -0.113. The van der Waals surface area contributed by atoms with Crippen LogP contribution in [0, 0.1) is 0 Å². The molecule has 1 atom stereocenters. The van der Waals surface area contributed by atoms with Gasteiger partial charge in [-0.25, -0.2) is 4.79 Å². The molecule has 0 aromatic heterocycles. The zero-order valence-corrected chi connectivity index (χ0v) is 8.22. The van der Waals surface area contributed by atoms with Crippen molar-refractivity contribution < 1.29 is 14.6 Å². The van der Waals surface area contributed by atoms with Crippen LogP contribution in [0.3, 0.4) is 0 Å². The Morgan fingerprint density at radius 2 is 2.13 bits per heavy atom. The molecule has 1 unspecified atom stereocenters. The van der Waals surface area contributed by atoms with Crippen LogP contribution < -0.4 is 0 Å². The van der Waals surface area contributed by atoms with Crippen LogP contribution in [0.25, 0.3) is 6.08 Å². The largest absolute Gasteiger partial charge is 0.456 e. The van der Waals surface area contributed by atoms with Crippen molar-refractivity contribution in [3.63, 3.8) is 0 Å². The van der Waals surface area contributed by atoms with Gasteiger partial charge < -0.3 is 9.84 Å². The minimum atomic E-state index is -0.368. The van der Waals surface area contributed by atoms with Gasteiger partial charge in [0.25, 0.3) is 0 Å². The summed E-state index contributed by atoms with van der Waals surface area (Å²) in [6.07, 6.45) is 1.93. The van der Waals surface area contributed by atoms with E-state index in [-0.39, 0.29) is 18.7 Å². The van der Waals surface area contributed by atoms with Crippen LogP contribution in [0.2, 0.25) is 0 Å². The van der Waals surface area contributed by atoms with E-state index >= 15 is 0 Å². The van der Waals surface area contributed by atoms with E-state index in [4.69, 9.17) is 9.84 Å². The maximum absolute atomic E-state index is 11.3. The highest BCUT2D eigenvalue weighted by Crippen LogP contribution is 2.22. The Kier molecular flexibility index (Phi) is 2.83. The molecule has 0 bridgehead atoms. The van der Waals surface area contributed by atoms with E-state index in [9.17, 15) is 4.79 Å². The number of rotatable bonds is 2. The van der Waals surface area contributed by atoms with E-state index in [1.54, 1.807) is 6.08 Å². The van der Waals surface area contributed by atoms with Gasteiger partial charge in [-0.05, 0) is 11.6 Å². The Morgan fingerprint density at radius 1 is 1.40 bits per heavy atom. The first-order chi connectivity index (χ1) is 7.29. The van der Waals surface area contributed by atoms with Crippen LogP contribution >= 0.6 is 0 Å². The molecule has 2 rings (SSSR count). The van der Waals surface area contributed by atoms with Crippen molar-refractivity contribution in [1.82, 2.24) is 0 Å². The highest BCUT2D eigenvalue weighted by atomic mass is 16.6. The lowest BCUT2D eigenvalue weighted by molar-refractivity contribution is -0.140. The second kappa shape index (κ2) is 4.28. The molecule has 15 heavy (non-hydrogen) atoms. The van der Waals surface area contributed by atoms with Crippen molar-refractivity contribution in [2.24, 2.45) is 0 Å². The van der Waals surface area contributed by atoms with Gasteiger partial charge in [0.1, 0.15) is 6.10 Å². The van der Waals surface area contributed by atoms with Gasteiger partial charge in [-0.1, -0.05) is 30.3 Å². The highest BCUT2D eigenvalue weighted by Gasteiger charge is 2.27. The molecule has 0 radical (unpaired) electrons. The molecule has 78 valence electrons. The van der Waals surface area contributed by atoms with E-state index in [2.05, 4.69) is 0 Å². The third-order valence-electron chi connectivity index (χ3n) is 2.33. The van der Waals surface area contributed by atoms with Gasteiger partial charge in [-0.3, -0.25) is 0 Å². The van der Waals surface area contributed by atoms with Gasteiger partial charge in [0, 0.05) is 12.0 Å². The van der Waals surface area contributed by atoms with Crippen molar-refractivity contribution in [1.29, 1.82) is 0 Å². The number of benzene rings is 1. The Labute approximate surface area is 88.0 Å². The minimum Gasteiger partial charge on any atom is -0.456 e. The number of hydrogen-bond donors (Lipinski definition) is 1. The summed E-state index contributed by atoms with van der Waals surface area (Å²) in [4.78, 5) is 11.3. The molecular formula is C12H12O3. The van der Waals surface area contributed by atoms with E-state index in [0.29, 0.717) is 12.0 Å². The lowest BCUT2D eigenvalue weighted by Crippen LogP contribution is -2.10.